The van der Waals surface area contributed by atoms with E-state index in [4.69, 9.17) is 32.4 Å². The van der Waals surface area contributed by atoms with Gasteiger partial charge in [-0.15, -0.1) is 0 Å². The molecule has 1 aliphatic carbocycles. The molecule has 0 amide bonds. The van der Waals surface area contributed by atoms with Gasteiger partial charge in [0, 0.05) is 5.56 Å². The maximum atomic E-state index is 10.7. The second-order valence-corrected chi connectivity index (χ2v) is 4.78. The van der Waals surface area contributed by atoms with Crippen molar-refractivity contribution in [3.8, 4) is 5.75 Å². The highest BCUT2D eigenvalue weighted by atomic mass is 35.5. The van der Waals surface area contributed by atoms with E-state index in [2.05, 4.69) is 5.16 Å². The number of carbonyl (C=O) groups is 1. The lowest BCUT2D eigenvalue weighted by Gasteiger charge is -2.32. The Labute approximate surface area is 114 Å². The van der Waals surface area contributed by atoms with Gasteiger partial charge in [0.15, 0.2) is 5.84 Å². The van der Waals surface area contributed by atoms with Crippen LogP contribution in [0.15, 0.2) is 23.4 Å². The van der Waals surface area contributed by atoms with E-state index >= 15 is 0 Å². The molecule has 1 aliphatic rings. The van der Waals surface area contributed by atoms with Gasteiger partial charge in [-0.1, -0.05) is 16.8 Å². The highest BCUT2D eigenvalue weighted by Gasteiger charge is 2.36. The third kappa shape index (κ3) is 2.90. The van der Waals surface area contributed by atoms with Gasteiger partial charge >= 0.3 is 5.97 Å². The number of nitrogens with zero attached hydrogens (tertiary/aromatic N) is 1. The summed E-state index contributed by atoms with van der Waals surface area (Å²) in [4.78, 5) is 10.7. The summed E-state index contributed by atoms with van der Waals surface area (Å²) in [5, 5.41) is 20.5. The standard InChI is InChI=1S/C12H13ClN2O4/c13-9-5-6(11(14)15-18)1-2-10(9)19-8-3-7(4-8)12(16)17/h1-2,5,7-8,18H,3-4H2,(H2,14,15)(H,16,17). The highest BCUT2D eigenvalue weighted by Crippen LogP contribution is 2.34. The van der Waals surface area contributed by atoms with E-state index in [9.17, 15) is 4.79 Å². The fourth-order valence-corrected chi connectivity index (χ4v) is 2.08. The number of halogens is 1. The van der Waals surface area contributed by atoms with E-state index < -0.39 is 5.97 Å². The SMILES string of the molecule is N/C(=N\O)c1ccc(OC2CC(C(=O)O)C2)c(Cl)c1. The number of carboxylic acids is 1. The summed E-state index contributed by atoms with van der Waals surface area (Å²) in [5.74, 6) is -0.707. The lowest BCUT2D eigenvalue weighted by molar-refractivity contribution is -0.147. The Balaban J connectivity index is 2.01. The molecule has 6 nitrogen and oxygen atoms in total. The van der Waals surface area contributed by atoms with Crippen LogP contribution < -0.4 is 10.5 Å². The summed E-state index contributed by atoms with van der Waals surface area (Å²) >= 11 is 6.02. The Morgan fingerprint density at radius 1 is 1.47 bits per heavy atom. The van der Waals surface area contributed by atoms with E-state index in [1.54, 1.807) is 12.1 Å². The van der Waals surface area contributed by atoms with Crippen molar-refractivity contribution < 1.29 is 19.8 Å². The average molecular weight is 285 g/mol. The van der Waals surface area contributed by atoms with Crippen molar-refractivity contribution in [3.05, 3.63) is 28.8 Å². The van der Waals surface area contributed by atoms with Crippen molar-refractivity contribution >= 4 is 23.4 Å². The van der Waals surface area contributed by atoms with Crippen molar-refractivity contribution in [2.75, 3.05) is 0 Å². The molecule has 0 spiro atoms. The van der Waals surface area contributed by atoms with E-state index in [0.717, 1.165) is 0 Å². The van der Waals surface area contributed by atoms with Crippen LogP contribution >= 0.6 is 11.6 Å². The third-order valence-electron chi connectivity index (χ3n) is 3.07. The third-order valence-corrected chi connectivity index (χ3v) is 3.37. The Morgan fingerprint density at radius 2 is 2.16 bits per heavy atom. The number of nitrogens with two attached hydrogens (primary N) is 1. The number of oxime groups is 1. The van der Waals surface area contributed by atoms with E-state index in [1.165, 1.54) is 6.07 Å². The first-order valence-corrected chi connectivity index (χ1v) is 6.06. The summed E-state index contributed by atoms with van der Waals surface area (Å²) < 4.78 is 5.59. The number of benzene rings is 1. The smallest absolute Gasteiger partial charge is 0.306 e. The van der Waals surface area contributed by atoms with Crippen LogP contribution in [-0.2, 0) is 4.79 Å². The first-order valence-electron chi connectivity index (χ1n) is 5.68. The molecule has 0 atom stereocenters. The Morgan fingerprint density at radius 3 is 2.68 bits per heavy atom. The van der Waals surface area contributed by atoms with Gasteiger partial charge in [0.1, 0.15) is 11.9 Å². The predicted octanol–water partition coefficient (Wildman–Crippen LogP) is 1.68. The first kappa shape index (κ1) is 13.5. The van der Waals surface area contributed by atoms with Crippen LogP contribution in [0.5, 0.6) is 5.75 Å². The Hall–Kier alpha value is -1.95. The van der Waals surface area contributed by atoms with Gasteiger partial charge in [-0.2, -0.15) is 0 Å². The fraction of sp³-hybridized carbons (Fsp3) is 0.333. The lowest BCUT2D eigenvalue weighted by Crippen LogP contribution is -2.38. The van der Waals surface area contributed by atoms with Gasteiger partial charge < -0.3 is 20.8 Å². The molecule has 1 aromatic carbocycles. The summed E-state index contributed by atoms with van der Waals surface area (Å²) in [6.07, 6.45) is 0.828. The zero-order chi connectivity index (χ0) is 14.0. The molecule has 102 valence electrons. The maximum absolute atomic E-state index is 10.7. The van der Waals surface area contributed by atoms with Crippen LogP contribution in [0, 0.1) is 5.92 Å². The van der Waals surface area contributed by atoms with Crippen LogP contribution in [-0.4, -0.2) is 28.2 Å². The second kappa shape index (κ2) is 5.36. The zero-order valence-corrected chi connectivity index (χ0v) is 10.7. The number of hydrogen-bond acceptors (Lipinski definition) is 4. The molecule has 0 unspecified atom stereocenters. The monoisotopic (exact) mass is 284 g/mol. The molecule has 2 rings (SSSR count). The van der Waals surface area contributed by atoms with E-state index in [1.807, 2.05) is 0 Å². The Kier molecular flexibility index (Phi) is 3.80. The summed E-state index contributed by atoms with van der Waals surface area (Å²) in [5.41, 5.74) is 5.92. The maximum Gasteiger partial charge on any atom is 0.306 e. The van der Waals surface area contributed by atoms with Gasteiger partial charge in [0.2, 0.25) is 0 Å². The molecule has 0 radical (unpaired) electrons. The number of aliphatic carboxylic acids is 1. The van der Waals surface area contributed by atoms with Crippen LogP contribution in [0.1, 0.15) is 18.4 Å². The summed E-state index contributed by atoms with van der Waals surface area (Å²) in [6, 6.07) is 4.76. The van der Waals surface area contributed by atoms with Crippen molar-refractivity contribution in [2.24, 2.45) is 16.8 Å². The van der Waals surface area contributed by atoms with Gasteiger partial charge in [-0.05, 0) is 31.0 Å². The van der Waals surface area contributed by atoms with Gasteiger partial charge in [-0.3, -0.25) is 4.79 Å². The molecular weight excluding hydrogens is 272 g/mol. The number of rotatable bonds is 4. The number of hydrogen-bond donors (Lipinski definition) is 3. The molecule has 0 aromatic heterocycles. The zero-order valence-electron chi connectivity index (χ0n) is 9.91. The quantitative estimate of drug-likeness (QED) is 0.338. The largest absolute Gasteiger partial charge is 0.489 e. The van der Waals surface area contributed by atoms with Crippen LogP contribution in [0.25, 0.3) is 0 Å². The normalized spacial score (nSPS) is 22.7. The second-order valence-electron chi connectivity index (χ2n) is 4.38. The average Bonchev–Trinajstić information content (AvgIpc) is 2.33. The van der Waals surface area contributed by atoms with Gasteiger partial charge in [-0.25, -0.2) is 0 Å². The summed E-state index contributed by atoms with van der Waals surface area (Å²) in [7, 11) is 0. The predicted molar refractivity (Wildman–Crippen MR) is 68.7 cm³/mol. The molecule has 0 aliphatic heterocycles. The molecule has 0 bridgehead atoms. The van der Waals surface area contributed by atoms with Crippen molar-refractivity contribution in [1.29, 1.82) is 0 Å². The lowest BCUT2D eigenvalue weighted by atomic mass is 9.82. The molecular formula is C12H13ClN2O4. The van der Waals surface area contributed by atoms with Crippen LogP contribution in [0.4, 0.5) is 0 Å². The molecule has 1 aromatic rings. The number of carboxylic acid groups (broad SMARTS) is 1. The molecule has 1 saturated carbocycles. The highest BCUT2D eigenvalue weighted by molar-refractivity contribution is 6.32. The van der Waals surface area contributed by atoms with Crippen molar-refractivity contribution in [2.45, 2.75) is 18.9 Å². The van der Waals surface area contributed by atoms with Gasteiger partial charge in [0.05, 0.1) is 10.9 Å². The molecule has 4 N–H and O–H groups in total. The van der Waals surface area contributed by atoms with Crippen molar-refractivity contribution in [3.63, 3.8) is 0 Å². The van der Waals surface area contributed by atoms with E-state index in [-0.39, 0.29) is 17.9 Å². The molecule has 7 heteroatoms. The van der Waals surface area contributed by atoms with E-state index in [0.29, 0.717) is 29.2 Å². The van der Waals surface area contributed by atoms with Crippen LogP contribution in [0.3, 0.4) is 0 Å². The fourth-order valence-electron chi connectivity index (χ4n) is 1.86. The minimum atomic E-state index is -0.798. The molecule has 0 saturated heterocycles. The molecule has 19 heavy (non-hydrogen) atoms. The number of amidine groups is 1. The Bertz CT molecular complexity index is 526. The van der Waals surface area contributed by atoms with Crippen LogP contribution in [0.2, 0.25) is 5.02 Å². The summed E-state index contributed by atoms with van der Waals surface area (Å²) in [6.45, 7) is 0. The minimum absolute atomic E-state index is 0.0389. The first-order chi connectivity index (χ1) is 9.01. The topological polar surface area (TPSA) is 105 Å². The number of ether oxygens (including phenoxy) is 1. The van der Waals surface area contributed by atoms with Gasteiger partial charge in [0.25, 0.3) is 0 Å². The minimum Gasteiger partial charge on any atom is -0.489 e. The molecule has 1 fully saturated rings. The molecule has 0 heterocycles. The van der Waals surface area contributed by atoms with Crippen molar-refractivity contribution in [1.82, 2.24) is 0 Å².